The molecule has 3 aromatic rings. The summed E-state index contributed by atoms with van der Waals surface area (Å²) >= 11 is 0.794. The SMILES string of the molecule is C=C(C)C(Nc1nsnc1Nc1ccc(C(F)(F)F)c(S(=O)(=O)N(C)C)c1O)c1ccc(C)o1. The fourth-order valence-corrected chi connectivity index (χ4v) is 4.67. The number of phenolic OH excluding ortho intramolecular Hbond substituents is 1. The molecule has 2 aromatic heterocycles. The lowest BCUT2D eigenvalue weighted by Crippen LogP contribution is -2.25. The molecule has 0 aliphatic heterocycles. The number of phenols is 1. The van der Waals surface area contributed by atoms with E-state index in [0.717, 1.165) is 31.9 Å². The van der Waals surface area contributed by atoms with Crippen LogP contribution in [0, 0.1) is 6.92 Å². The molecule has 1 unspecified atom stereocenters. The van der Waals surface area contributed by atoms with Crippen LogP contribution in [0.25, 0.3) is 0 Å². The molecule has 0 saturated carbocycles. The Bertz CT molecular complexity index is 1320. The van der Waals surface area contributed by atoms with Gasteiger partial charge in [0, 0.05) is 14.1 Å². The number of anilines is 3. The molecule has 34 heavy (non-hydrogen) atoms. The number of halogens is 3. The predicted octanol–water partition coefficient (Wildman–Crippen LogP) is 4.89. The van der Waals surface area contributed by atoms with Crippen molar-refractivity contribution in [3.8, 4) is 5.75 Å². The second-order valence-corrected chi connectivity index (χ2v) is 10.2. The molecule has 1 atom stereocenters. The third kappa shape index (κ3) is 5.03. The van der Waals surface area contributed by atoms with Crippen molar-refractivity contribution < 1.29 is 31.1 Å². The summed E-state index contributed by atoms with van der Waals surface area (Å²) in [5, 5.41) is 16.3. The Hall–Kier alpha value is -3.10. The maximum atomic E-state index is 13.5. The zero-order valence-corrected chi connectivity index (χ0v) is 20.2. The largest absolute Gasteiger partial charge is 0.504 e. The van der Waals surface area contributed by atoms with E-state index in [1.54, 1.807) is 26.0 Å². The first-order valence-corrected chi connectivity index (χ1v) is 11.8. The van der Waals surface area contributed by atoms with Crippen LogP contribution in [-0.2, 0) is 16.2 Å². The van der Waals surface area contributed by atoms with Crippen molar-refractivity contribution in [3.05, 3.63) is 53.5 Å². The molecule has 14 heteroatoms. The summed E-state index contributed by atoms with van der Waals surface area (Å²) in [6.07, 6.45) is -5.01. The van der Waals surface area contributed by atoms with Gasteiger partial charge in [-0.05, 0) is 38.1 Å². The normalized spacial score (nSPS) is 13.2. The first-order chi connectivity index (χ1) is 15.7. The van der Waals surface area contributed by atoms with Gasteiger partial charge in [0.2, 0.25) is 10.0 Å². The highest BCUT2D eigenvalue weighted by atomic mass is 32.2. The summed E-state index contributed by atoms with van der Waals surface area (Å²) < 4.78 is 80.2. The van der Waals surface area contributed by atoms with Gasteiger partial charge in [-0.1, -0.05) is 12.2 Å². The predicted molar refractivity (Wildman–Crippen MR) is 122 cm³/mol. The number of aromatic nitrogens is 2. The highest BCUT2D eigenvalue weighted by Gasteiger charge is 2.40. The fourth-order valence-electron chi connectivity index (χ4n) is 3.01. The molecule has 0 fully saturated rings. The molecular weight excluding hydrogens is 495 g/mol. The number of nitrogens with zero attached hydrogens (tertiary/aromatic N) is 3. The molecule has 0 aliphatic carbocycles. The quantitative estimate of drug-likeness (QED) is 0.285. The monoisotopic (exact) mass is 517 g/mol. The molecule has 2 heterocycles. The Morgan fingerprint density at radius 2 is 1.85 bits per heavy atom. The summed E-state index contributed by atoms with van der Waals surface area (Å²) in [5.41, 5.74) is -1.11. The van der Waals surface area contributed by atoms with Gasteiger partial charge in [0.1, 0.15) is 22.5 Å². The van der Waals surface area contributed by atoms with Crippen LogP contribution in [-0.4, -0.2) is 40.7 Å². The van der Waals surface area contributed by atoms with Crippen LogP contribution in [0.1, 0.15) is 30.0 Å². The molecule has 3 rings (SSSR count). The van der Waals surface area contributed by atoms with Crippen molar-refractivity contribution in [2.45, 2.75) is 31.0 Å². The van der Waals surface area contributed by atoms with Gasteiger partial charge < -0.3 is 20.2 Å². The molecule has 0 spiro atoms. The van der Waals surface area contributed by atoms with E-state index in [9.17, 15) is 26.7 Å². The molecular formula is C20H22F3N5O4S2. The molecule has 0 bridgehead atoms. The molecule has 3 N–H and O–H groups in total. The van der Waals surface area contributed by atoms with Crippen LogP contribution in [0.4, 0.5) is 30.5 Å². The van der Waals surface area contributed by atoms with Gasteiger partial charge in [0.15, 0.2) is 17.4 Å². The van der Waals surface area contributed by atoms with Crippen molar-refractivity contribution in [1.29, 1.82) is 0 Å². The third-order valence-corrected chi connectivity index (χ3v) is 7.16. The number of aromatic hydroxyl groups is 1. The lowest BCUT2D eigenvalue weighted by molar-refractivity contribution is -0.140. The van der Waals surface area contributed by atoms with Crippen LogP contribution in [0.3, 0.4) is 0 Å². The van der Waals surface area contributed by atoms with Crippen molar-refractivity contribution in [1.82, 2.24) is 13.1 Å². The van der Waals surface area contributed by atoms with Crippen molar-refractivity contribution in [3.63, 3.8) is 0 Å². The topological polar surface area (TPSA) is 121 Å². The first-order valence-electron chi connectivity index (χ1n) is 9.67. The van der Waals surface area contributed by atoms with Gasteiger partial charge >= 0.3 is 6.18 Å². The van der Waals surface area contributed by atoms with E-state index in [4.69, 9.17) is 4.42 Å². The molecule has 184 valence electrons. The zero-order chi connectivity index (χ0) is 25.4. The second-order valence-electron chi connectivity index (χ2n) is 7.58. The second kappa shape index (κ2) is 9.27. The summed E-state index contributed by atoms with van der Waals surface area (Å²) in [4.78, 5) is -1.27. The van der Waals surface area contributed by atoms with E-state index in [2.05, 4.69) is 26.0 Å². The van der Waals surface area contributed by atoms with E-state index in [-0.39, 0.29) is 17.3 Å². The average molecular weight is 518 g/mol. The number of furan rings is 1. The lowest BCUT2D eigenvalue weighted by atomic mass is 10.1. The van der Waals surface area contributed by atoms with Gasteiger partial charge in [-0.15, -0.1) is 0 Å². The van der Waals surface area contributed by atoms with Gasteiger partial charge in [-0.25, -0.2) is 12.7 Å². The minimum atomic E-state index is -5.01. The maximum Gasteiger partial charge on any atom is 0.417 e. The summed E-state index contributed by atoms with van der Waals surface area (Å²) in [7, 11) is -2.52. The molecule has 1 aromatic carbocycles. The molecule has 0 aliphatic rings. The summed E-state index contributed by atoms with van der Waals surface area (Å²) in [6.45, 7) is 7.48. The van der Waals surface area contributed by atoms with Gasteiger partial charge in [0.25, 0.3) is 0 Å². The number of aryl methyl sites for hydroxylation is 1. The number of hydrogen-bond donors (Lipinski definition) is 3. The van der Waals surface area contributed by atoms with Crippen molar-refractivity contribution in [2.75, 3.05) is 24.7 Å². The zero-order valence-electron chi connectivity index (χ0n) is 18.6. The molecule has 0 radical (unpaired) electrons. The van der Waals surface area contributed by atoms with E-state index in [1.165, 1.54) is 0 Å². The maximum absolute atomic E-state index is 13.5. The van der Waals surface area contributed by atoms with E-state index in [0.29, 0.717) is 27.5 Å². The average Bonchev–Trinajstić information content (AvgIpc) is 3.34. The Morgan fingerprint density at radius 1 is 1.21 bits per heavy atom. The van der Waals surface area contributed by atoms with E-state index in [1.807, 2.05) is 0 Å². The van der Waals surface area contributed by atoms with Crippen LogP contribution in [0.2, 0.25) is 0 Å². The minimum absolute atomic E-state index is 0.0581. The number of alkyl halides is 3. The highest BCUT2D eigenvalue weighted by molar-refractivity contribution is 7.89. The smallest absolute Gasteiger partial charge is 0.417 e. The van der Waals surface area contributed by atoms with E-state index >= 15 is 0 Å². The number of nitrogens with one attached hydrogen (secondary N) is 2. The van der Waals surface area contributed by atoms with Crippen molar-refractivity contribution in [2.24, 2.45) is 0 Å². The van der Waals surface area contributed by atoms with Gasteiger partial charge in [0.05, 0.1) is 23.0 Å². The summed E-state index contributed by atoms with van der Waals surface area (Å²) in [6, 6.07) is 4.53. The van der Waals surface area contributed by atoms with Crippen LogP contribution in [0.15, 0.2) is 45.7 Å². The third-order valence-electron chi connectivity index (χ3n) is 4.74. The number of benzene rings is 1. The Balaban J connectivity index is 2.02. The highest BCUT2D eigenvalue weighted by Crippen LogP contribution is 2.44. The Labute approximate surface area is 198 Å². The fraction of sp³-hybridized carbons (Fsp3) is 0.300. The van der Waals surface area contributed by atoms with Crippen LogP contribution in [0.5, 0.6) is 5.75 Å². The lowest BCUT2D eigenvalue weighted by Gasteiger charge is -2.20. The standard InChI is InChI=1S/C20H22F3N5O4S2/c1-10(2)15(14-9-6-11(3)32-14)25-19-18(26-33-27-19)24-13-8-7-12(20(21,22)23)17(16(13)29)34(30,31)28(4)5/h6-9,15,29H,1H2,2-5H3,(H,24,26)(H,25,27). The van der Waals surface area contributed by atoms with Crippen molar-refractivity contribution >= 4 is 39.1 Å². The number of hydrogen-bond acceptors (Lipinski definition) is 9. The van der Waals surface area contributed by atoms with Crippen LogP contribution < -0.4 is 10.6 Å². The molecule has 0 saturated heterocycles. The summed E-state index contributed by atoms with van der Waals surface area (Å²) in [5.74, 6) is 0.398. The van der Waals surface area contributed by atoms with Gasteiger partial charge in [-0.2, -0.15) is 21.9 Å². The number of sulfonamides is 1. The Kier molecular flexibility index (Phi) is 6.96. The number of rotatable bonds is 8. The van der Waals surface area contributed by atoms with Gasteiger partial charge in [-0.3, -0.25) is 0 Å². The first kappa shape index (κ1) is 25.5. The molecule has 9 nitrogen and oxygen atoms in total. The minimum Gasteiger partial charge on any atom is -0.504 e. The van der Waals surface area contributed by atoms with Crippen LogP contribution >= 0.6 is 11.7 Å². The molecule has 0 amide bonds. The Morgan fingerprint density at radius 3 is 2.38 bits per heavy atom. The van der Waals surface area contributed by atoms with E-state index < -0.39 is 38.4 Å².